The Morgan fingerprint density at radius 1 is 1.11 bits per heavy atom. The van der Waals surface area contributed by atoms with Crippen molar-refractivity contribution in [3.8, 4) is 0 Å². The first-order valence-corrected chi connectivity index (χ1v) is 6.55. The van der Waals surface area contributed by atoms with Gasteiger partial charge in [0.05, 0.1) is 15.7 Å². The Bertz CT molecular complexity index is 564. The van der Waals surface area contributed by atoms with E-state index in [1.807, 2.05) is 6.07 Å². The lowest BCUT2D eigenvalue weighted by Crippen LogP contribution is -2.07. The smallest absolute Gasteiger partial charge is 0.126 e. The minimum atomic E-state index is -0.209. The minimum absolute atomic E-state index is 0.209. The first kappa shape index (κ1) is 14.0. The second-order valence-corrected chi connectivity index (χ2v) is 4.94. The number of halogens is 3. The van der Waals surface area contributed by atoms with Crippen molar-refractivity contribution in [2.75, 3.05) is 17.6 Å². The molecule has 100 valence electrons. The van der Waals surface area contributed by atoms with Crippen molar-refractivity contribution in [1.29, 1.82) is 0 Å². The van der Waals surface area contributed by atoms with Crippen LogP contribution >= 0.6 is 23.2 Å². The summed E-state index contributed by atoms with van der Waals surface area (Å²) in [6.07, 6.45) is 0.545. The molecule has 0 aliphatic carbocycles. The third-order valence-electron chi connectivity index (χ3n) is 2.72. The maximum atomic E-state index is 13.4. The van der Waals surface area contributed by atoms with Gasteiger partial charge < -0.3 is 11.1 Å². The summed E-state index contributed by atoms with van der Waals surface area (Å²) in [5.74, 6) is -0.209. The van der Waals surface area contributed by atoms with Crippen molar-refractivity contribution >= 4 is 34.6 Å². The summed E-state index contributed by atoms with van der Waals surface area (Å²) in [7, 11) is 0. The van der Waals surface area contributed by atoms with Crippen molar-refractivity contribution in [2.45, 2.75) is 6.42 Å². The van der Waals surface area contributed by atoms with E-state index in [2.05, 4.69) is 5.32 Å². The van der Waals surface area contributed by atoms with Crippen LogP contribution < -0.4 is 11.1 Å². The number of anilines is 2. The highest BCUT2D eigenvalue weighted by molar-refractivity contribution is 6.39. The molecule has 0 radical (unpaired) electrons. The second kappa shape index (κ2) is 6.13. The number of nitrogens with two attached hydrogens (primary N) is 1. The Kier molecular flexibility index (Phi) is 4.51. The third kappa shape index (κ3) is 3.52. The zero-order valence-electron chi connectivity index (χ0n) is 10.1. The Morgan fingerprint density at radius 2 is 1.74 bits per heavy atom. The Morgan fingerprint density at radius 3 is 2.37 bits per heavy atom. The number of nitrogen functional groups attached to an aromatic ring is 1. The van der Waals surface area contributed by atoms with Gasteiger partial charge in [0.2, 0.25) is 0 Å². The summed E-state index contributed by atoms with van der Waals surface area (Å²) in [4.78, 5) is 0. The van der Waals surface area contributed by atoms with Gasteiger partial charge in [0.15, 0.2) is 0 Å². The second-order valence-electron chi connectivity index (χ2n) is 4.13. The highest BCUT2D eigenvalue weighted by Gasteiger charge is 2.07. The van der Waals surface area contributed by atoms with Crippen molar-refractivity contribution in [3.63, 3.8) is 0 Å². The number of rotatable bonds is 4. The molecule has 2 rings (SSSR count). The molecule has 0 bridgehead atoms. The van der Waals surface area contributed by atoms with Crippen LogP contribution in [-0.4, -0.2) is 6.54 Å². The molecule has 0 heterocycles. The zero-order valence-corrected chi connectivity index (χ0v) is 11.6. The van der Waals surface area contributed by atoms with Crippen LogP contribution in [0, 0.1) is 5.82 Å². The van der Waals surface area contributed by atoms with Gasteiger partial charge in [-0.2, -0.15) is 0 Å². The minimum Gasteiger partial charge on any atom is -0.399 e. The van der Waals surface area contributed by atoms with E-state index in [0.29, 0.717) is 39.9 Å². The molecule has 2 nitrogen and oxygen atoms in total. The normalized spacial score (nSPS) is 10.5. The molecule has 0 aromatic heterocycles. The van der Waals surface area contributed by atoms with Crippen LogP contribution in [-0.2, 0) is 6.42 Å². The summed E-state index contributed by atoms with van der Waals surface area (Å²) in [6, 6.07) is 9.92. The fourth-order valence-electron chi connectivity index (χ4n) is 1.78. The number of nitrogens with one attached hydrogen (secondary N) is 1. The maximum Gasteiger partial charge on any atom is 0.126 e. The van der Waals surface area contributed by atoms with Crippen molar-refractivity contribution in [2.24, 2.45) is 0 Å². The number of hydrogen-bond acceptors (Lipinski definition) is 2. The van der Waals surface area contributed by atoms with Gasteiger partial charge in [-0.05, 0) is 30.2 Å². The average molecular weight is 299 g/mol. The third-order valence-corrected chi connectivity index (χ3v) is 3.31. The van der Waals surface area contributed by atoms with Gasteiger partial charge >= 0.3 is 0 Å². The molecule has 0 saturated carbocycles. The van der Waals surface area contributed by atoms with Gasteiger partial charge in [0.25, 0.3) is 0 Å². The number of hydrogen-bond donors (Lipinski definition) is 2. The molecule has 5 heteroatoms. The molecule has 0 atom stereocenters. The first-order valence-electron chi connectivity index (χ1n) is 5.79. The molecule has 0 spiro atoms. The largest absolute Gasteiger partial charge is 0.399 e. The van der Waals surface area contributed by atoms with Gasteiger partial charge in [-0.25, -0.2) is 4.39 Å². The Labute approximate surface area is 121 Å². The quantitative estimate of drug-likeness (QED) is 0.823. The molecule has 3 N–H and O–H groups in total. The van der Waals surface area contributed by atoms with E-state index >= 15 is 0 Å². The van der Waals surface area contributed by atoms with Crippen LogP contribution in [0.5, 0.6) is 0 Å². The molecule has 0 amide bonds. The lowest BCUT2D eigenvalue weighted by molar-refractivity contribution is 0.610. The summed E-state index contributed by atoms with van der Waals surface area (Å²) in [5.41, 5.74) is 7.40. The molecule has 0 fully saturated rings. The zero-order chi connectivity index (χ0) is 13.8. The fraction of sp³-hybridized carbons (Fsp3) is 0.143. The Hall–Kier alpha value is -1.45. The van der Waals surface area contributed by atoms with Crippen LogP contribution in [0.3, 0.4) is 0 Å². The Balaban J connectivity index is 2.02. The van der Waals surface area contributed by atoms with E-state index in [4.69, 9.17) is 28.9 Å². The van der Waals surface area contributed by atoms with E-state index < -0.39 is 0 Å². The van der Waals surface area contributed by atoms with E-state index in [0.717, 1.165) is 0 Å². The molecule has 2 aromatic rings. The van der Waals surface area contributed by atoms with Crippen LogP contribution in [0.1, 0.15) is 5.56 Å². The summed E-state index contributed by atoms with van der Waals surface area (Å²) < 4.78 is 13.4. The highest BCUT2D eigenvalue weighted by Crippen LogP contribution is 2.32. The summed E-state index contributed by atoms with van der Waals surface area (Å²) >= 11 is 12.1. The monoisotopic (exact) mass is 298 g/mol. The van der Waals surface area contributed by atoms with Gasteiger partial charge in [-0.15, -0.1) is 0 Å². The van der Waals surface area contributed by atoms with E-state index in [1.54, 1.807) is 24.3 Å². The van der Waals surface area contributed by atoms with Crippen LogP contribution in [0.15, 0.2) is 36.4 Å². The highest BCUT2D eigenvalue weighted by atomic mass is 35.5. The van der Waals surface area contributed by atoms with Gasteiger partial charge in [-0.3, -0.25) is 0 Å². The first-order chi connectivity index (χ1) is 9.08. The topological polar surface area (TPSA) is 38.0 Å². The van der Waals surface area contributed by atoms with Gasteiger partial charge in [0.1, 0.15) is 5.82 Å². The molecule has 0 saturated heterocycles. The SMILES string of the molecule is Nc1cc(Cl)c(NCCc2ccccc2F)c(Cl)c1. The molecular formula is C14H13Cl2FN2. The van der Waals surface area contributed by atoms with Crippen LogP contribution in [0.4, 0.5) is 15.8 Å². The van der Waals surface area contributed by atoms with E-state index in [9.17, 15) is 4.39 Å². The summed E-state index contributed by atoms with van der Waals surface area (Å²) in [6.45, 7) is 0.532. The standard InChI is InChI=1S/C14H13Cl2FN2/c15-11-7-10(18)8-12(16)14(11)19-6-5-9-3-1-2-4-13(9)17/h1-4,7-8,19H,5-6,18H2. The average Bonchev–Trinajstić information content (AvgIpc) is 2.34. The maximum absolute atomic E-state index is 13.4. The predicted molar refractivity (Wildman–Crippen MR) is 79.5 cm³/mol. The lowest BCUT2D eigenvalue weighted by atomic mass is 10.1. The molecule has 0 aliphatic heterocycles. The molecular weight excluding hydrogens is 286 g/mol. The molecule has 0 unspecified atom stereocenters. The predicted octanol–water partition coefficient (Wildman–Crippen LogP) is 4.37. The molecule has 0 aliphatic rings. The van der Waals surface area contributed by atoms with Crippen molar-refractivity contribution < 1.29 is 4.39 Å². The summed E-state index contributed by atoms with van der Waals surface area (Å²) in [5, 5.41) is 4.01. The van der Waals surface area contributed by atoms with Crippen molar-refractivity contribution in [3.05, 3.63) is 57.8 Å². The van der Waals surface area contributed by atoms with E-state index in [-0.39, 0.29) is 5.82 Å². The van der Waals surface area contributed by atoms with Crippen molar-refractivity contribution in [1.82, 2.24) is 0 Å². The van der Waals surface area contributed by atoms with Gasteiger partial charge in [-0.1, -0.05) is 41.4 Å². The lowest BCUT2D eigenvalue weighted by Gasteiger charge is -2.11. The van der Waals surface area contributed by atoms with Crippen LogP contribution in [0.25, 0.3) is 0 Å². The van der Waals surface area contributed by atoms with Gasteiger partial charge in [0, 0.05) is 12.2 Å². The number of benzene rings is 2. The molecule has 19 heavy (non-hydrogen) atoms. The fourth-order valence-corrected chi connectivity index (χ4v) is 2.42. The molecule has 2 aromatic carbocycles. The van der Waals surface area contributed by atoms with Crippen LogP contribution in [0.2, 0.25) is 10.0 Å². The van der Waals surface area contributed by atoms with E-state index in [1.165, 1.54) is 6.07 Å².